The first-order chi connectivity index (χ1) is 54.6. The van der Waals surface area contributed by atoms with Gasteiger partial charge in [-0.25, -0.2) is 9.97 Å². The van der Waals surface area contributed by atoms with Crippen LogP contribution in [0, 0.1) is 20.8 Å². The van der Waals surface area contributed by atoms with E-state index in [0.29, 0.717) is 39.2 Å². The number of rotatable bonds is 21. The van der Waals surface area contributed by atoms with E-state index in [-0.39, 0.29) is 10.2 Å². The normalized spacial score (nSPS) is 15.6. The van der Waals surface area contributed by atoms with E-state index in [0.717, 1.165) is 155 Å². The Balaban J connectivity index is 0.000000192. The zero-order valence-electron chi connectivity index (χ0n) is 69.5. The molecule has 4 saturated heterocycles. The lowest BCUT2D eigenvalue weighted by atomic mass is 9.99. The monoisotopic (exact) mass is 1780 g/mol. The summed E-state index contributed by atoms with van der Waals surface area (Å²) in [6.45, 7) is 33.5. The Morgan fingerprint density at radius 3 is 1.39 bits per heavy atom. The third-order valence-corrected chi connectivity index (χ3v) is 26.6. The summed E-state index contributed by atoms with van der Waals surface area (Å²) < 4.78 is 72.4. The largest absolute Gasteiger partial charge is 0.495 e. The molecule has 4 fully saturated rings. The molecule has 8 heterocycles. The second-order valence-corrected chi connectivity index (χ2v) is 40.3. The SMILES string of the molecule is CCCCO.CCc1cc(N)c(OC)cc1N1CCC(N2CCN(C)CC2)CC1.CCc1cc(Nc2ncc(Br)c(Nc3ccc(-c4c(C)cnn4C)cc3P(C)(C)=O)n2)c(OC)cc1N1CCC(N2CCN(C)CC2)CC1.Cc1ccc(S(=O)(=O)O)cc1.Cc1cnn(C)c1-c1ccc(Nc2nc(Cl)ncc2Br)c(P(C)(C)=O)c1. The molecule has 624 valence electrons. The zero-order chi connectivity index (χ0) is 83.6. The molecule has 7 N–H and O–H groups in total. The third kappa shape index (κ3) is 24.8. The third-order valence-electron chi connectivity index (χ3n) is 21.3. The molecular formula is C83H117Br2ClN18O8P2S. The van der Waals surface area contributed by atoms with Crippen LogP contribution in [0.3, 0.4) is 0 Å². The molecular weight excluding hydrogens is 1670 g/mol. The highest BCUT2D eigenvalue weighted by molar-refractivity contribution is 9.11. The highest BCUT2D eigenvalue weighted by atomic mass is 79.9. The van der Waals surface area contributed by atoms with Gasteiger partial charge in [0.05, 0.1) is 74.6 Å². The molecule has 26 nitrogen and oxygen atoms in total. The van der Waals surface area contributed by atoms with Gasteiger partial charge in [-0.2, -0.15) is 28.6 Å². The summed E-state index contributed by atoms with van der Waals surface area (Å²) in [7, 11) is 2.40. The first-order valence-electron chi connectivity index (χ1n) is 39.2. The molecule has 0 atom stereocenters. The number of piperazine rings is 2. The van der Waals surface area contributed by atoms with Crippen molar-refractivity contribution in [3.05, 3.63) is 152 Å². The number of hydrogen-bond acceptors (Lipinski definition) is 23. The second kappa shape index (κ2) is 41.7. The molecule has 5 aromatic carbocycles. The van der Waals surface area contributed by atoms with Gasteiger partial charge in [0.2, 0.25) is 11.2 Å². The van der Waals surface area contributed by atoms with Gasteiger partial charge < -0.3 is 65.0 Å². The summed E-state index contributed by atoms with van der Waals surface area (Å²) in [5, 5.41) is 28.4. The maximum atomic E-state index is 13.5. The molecule has 9 aromatic rings. The number of methoxy groups -OCH3 is 2. The Bertz CT molecular complexity index is 4900. The molecule has 13 rings (SSSR count). The van der Waals surface area contributed by atoms with Crippen LogP contribution >= 0.6 is 57.7 Å². The van der Waals surface area contributed by atoms with E-state index in [9.17, 15) is 17.5 Å². The van der Waals surface area contributed by atoms with Gasteiger partial charge >= 0.3 is 0 Å². The second-order valence-electron chi connectivity index (χ2n) is 30.5. The van der Waals surface area contributed by atoms with E-state index < -0.39 is 24.4 Å². The van der Waals surface area contributed by atoms with Gasteiger partial charge in [0.25, 0.3) is 10.1 Å². The van der Waals surface area contributed by atoms with Crippen molar-refractivity contribution in [1.29, 1.82) is 0 Å². The fourth-order valence-corrected chi connectivity index (χ4v) is 18.3. The van der Waals surface area contributed by atoms with E-state index in [1.807, 2.05) is 93.0 Å². The fourth-order valence-electron chi connectivity index (χ4n) is 14.7. The molecule has 4 aliphatic rings. The molecule has 0 unspecified atom stereocenters. The van der Waals surface area contributed by atoms with E-state index in [2.05, 4.69) is 161 Å². The number of nitrogens with zero attached hydrogens (tertiary/aromatic N) is 14. The number of aromatic nitrogens is 8. The summed E-state index contributed by atoms with van der Waals surface area (Å²) >= 11 is 12.9. The van der Waals surface area contributed by atoms with Crippen LogP contribution in [0.25, 0.3) is 22.5 Å². The number of ether oxygens (including phenoxy) is 2. The number of aliphatic hydroxyl groups is 1. The van der Waals surface area contributed by atoms with Crippen LogP contribution < -0.4 is 51.6 Å². The summed E-state index contributed by atoms with van der Waals surface area (Å²) in [6, 6.07) is 27.7. The van der Waals surface area contributed by atoms with Crippen molar-refractivity contribution in [2.45, 2.75) is 110 Å². The van der Waals surface area contributed by atoms with Crippen LogP contribution in [-0.4, -0.2) is 229 Å². The van der Waals surface area contributed by atoms with Crippen molar-refractivity contribution >= 4 is 130 Å². The van der Waals surface area contributed by atoms with Crippen LogP contribution in [0.1, 0.15) is 87.1 Å². The number of halogens is 3. The highest BCUT2D eigenvalue weighted by Crippen LogP contribution is 2.44. The number of nitrogens with one attached hydrogen (secondary N) is 3. The van der Waals surface area contributed by atoms with Gasteiger partial charge in [0.15, 0.2) is 0 Å². The Morgan fingerprint density at radius 1 is 0.565 bits per heavy atom. The molecule has 0 amide bonds. The predicted octanol–water partition coefficient (Wildman–Crippen LogP) is 15.1. The number of unbranched alkanes of at least 4 members (excludes halogenated alkanes) is 1. The number of nitrogens with two attached hydrogens (primary N) is 1. The average Bonchev–Trinajstić information content (AvgIpc) is 1.77. The van der Waals surface area contributed by atoms with E-state index in [1.165, 1.54) is 99.6 Å². The zero-order valence-corrected chi connectivity index (χ0v) is 76.0. The van der Waals surface area contributed by atoms with Crippen LogP contribution in [0.4, 0.5) is 51.7 Å². The van der Waals surface area contributed by atoms with E-state index >= 15 is 0 Å². The van der Waals surface area contributed by atoms with Crippen LogP contribution in [0.5, 0.6) is 11.5 Å². The van der Waals surface area contributed by atoms with Crippen molar-refractivity contribution in [3.63, 3.8) is 0 Å². The molecule has 4 aliphatic heterocycles. The molecule has 0 spiro atoms. The first kappa shape index (κ1) is 91.4. The Hall–Kier alpha value is -7.50. The Morgan fingerprint density at radius 2 is 1.00 bits per heavy atom. The maximum Gasteiger partial charge on any atom is 0.294 e. The lowest BCUT2D eigenvalue weighted by molar-refractivity contribution is 0.0982. The molecule has 32 heteroatoms. The summed E-state index contributed by atoms with van der Waals surface area (Å²) in [5.41, 5.74) is 21.2. The van der Waals surface area contributed by atoms with Gasteiger partial charge in [-0.05, 0) is 221 Å². The van der Waals surface area contributed by atoms with E-state index in [1.54, 1.807) is 65.4 Å². The van der Waals surface area contributed by atoms with Gasteiger partial charge in [-0.1, -0.05) is 57.0 Å². The van der Waals surface area contributed by atoms with Crippen molar-refractivity contribution in [2.24, 2.45) is 14.1 Å². The first-order valence-corrected chi connectivity index (χ1v) is 47.8. The standard InChI is InChI=1S/C36H49BrN9O2P.C19H32N4O.C17H18BrClN5OP.C7H8O3S.C4H10O/c1-8-25-19-30(32(48-5)21-31(25)46-13-11-27(12-14-46)45-17-15-43(3)16-18-45)41-36-38-23-28(37)35(42-36)40-29-10-9-26(20-33(29)49(6,7)47)34-24(2)22-39-44(34)4;1-4-15-13-17(20)19(24-3)14-18(15)23-7-5-16(6-8-23)22-11-9-21(2)10-12-22;1-10-8-21-24(2)15(10)11-5-6-13(14(7-11)26(3,4)25)22-16-12(18)9-20-17(19)23-16;1-6-2-4-7(5-3-6)11(8,9)10;1-2-3-4-5/h9-10,19-23,27H,8,11-18H2,1-7H3,(H2,38,40,41,42);13-14,16H,4-12,20H2,1-3H3;5-9H,1-4H3,(H,20,22,23);2-5H,1H3,(H,8,9,10);5H,2-4H2,1H3. The van der Waals surface area contributed by atoms with Crippen molar-refractivity contribution < 1.29 is 36.7 Å². The molecule has 115 heavy (non-hydrogen) atoms. The van der Waals surface area contributed by atoms with Crippen LogP contribution in [0.2, 0.25) is 5.28 Å². The lowest BCUT2D eigenvalue weighted by Gasteiger charge is -2.43. The molecule has 4 aromatic heterocycles. The molecule has 0 bridgehead atoms. The van der Waals surface area contributed by atoms with Crippen molar-refractivity contribution in [3.8, 4) is 34.0 Å². The highest BCUT2D eigenvalue weighted by Gasteiger charge is 2.31. The predicted molar refractivity (Wildman–Crippen MR) is 480 cm³/mol. The summed E-state index contributed by atoms with van der Waals surface area (Å²) in [4.78, 5) is 32.7. The number of hydrogen-bond donors (Lipinski definition) is 6. The average molecular weight is 1780 g/mol. The topological polar surface area (TPSA) is 296 Å². The number of anilines is 9. The van der Waals surface area contributed by atoms with Crippen LogP contribution in [0.15, 0.2) is 124 Å². The molecule has 0 aliphatic carbocycles. The fraction of sp³-hybridized carbons (Fsp3) is 0.470. The smallest absolute Gasteiger partial charge is 0.294 e. The quantitative estimate of drug-likeness (QED) is 0.0169. The van der Waals surface area contributed by atoms with Crippen LogP contribution in [-0.2, 0) is 46.2 Å². The minimum atomic E-state index is -4.02. The number of aryl methyl sites for hydroxylation is 7. The Labute approximate surface area is 702 Å². The Kier molecular flexibility index (Phi) is 33.2. The minimum absolute atomic E-state index is 0.0666. The number of likely N-dealkylation sites (N-methyl/N-ethyl adjacent to an activating group) is 2. The van der Waals surface area contributed by atoms with Gasteiger partial charge in [0, 0.05) is 169 Å². The maximum absolute atomic E-state index is 13.5. The van der Waals surface area contributed by atoms with Gasteiger partial charge in [-0.15, -0.1) is 0 Å². The van der Waals surface area contributed by atoms with Crippen molar-refractivity contribution in [2.75, 3.05) is 172 Å². The van der Waals surface area contributed by atoms with Gasteiger partial charge in [0.1, 0.15) is 37.4 Å². The minimum Gasteiger partial charge on any atom is -0.495 e. The summed E-state index contributed by atoms with van der Waals surface area (Å²) in [6.07, 6.45) is 15.7. The number of nitrogen functional groups attached to an aromatic ring is 1. The van der Waals surface area contributed by atoms with Crippen molar-refractivity contribution in [1.82, 2.24) is 59.1 Å². The van der Waals surface area contributed by atoms with Gasteiger partial charge in [-0.3, -0.25) is 23.7 Å². The van der Waals surface area contributed by atoms with E-state index in [4.69, 9.17) is 41.5 Å². The number of piperidine rings is 2. The summed E-state index contributed by atoms with van der Waals surface area (Å²) in [5.74, 6) is 3.04. The molecule has 0 saturated carbocycles. The lowest BCUT2D eigenvalue weighted by Crippen LogP contribution is -2.52. The number of aliphatic hydroxyl groups excluding tert-OH is 1. The number of benzene rings is 5. The molecule has 0 radical (unpaired) electrons.